The van der Waals surface area contributed by atoms with Crippen molar-refractivity contribution in [3.05, 3.63) is 83.9 Å². The molecule has 3 aromatic carbocycles. The third-order valence-electron chi connectivity index (χ3n) is 7.18. The number of amides is 2. The second kappa shape index (κ2) is 15.8. The quantitative estimate of drug-likeness (QED) is 0.207. The molecular formula is C33H43N3O5S2. The van der Waals surface area contributed by atoms with Crippen molar-refractivity contribution in [2.45, 2.75) is 75.9 Å². The van der Waals surface area contributed by atoms with E-state index in [4.69, 9.17) is 4.74 Å². The van der Waals surface area contributed by atoms with Gasteiger partial charge in [-0.25, -0.2) is 8.42 Å². The number of benzene rings is 3. The summed E-state index contributed by atoms with van der Waals surface area (Å²) in [5, 5.41) is 3.00. The molecule has 2 amide bonds. The molecule has 0 spiro atoms. The number of ether oxygens (including phenoxy) is 1. The molecule has 0 aliphatic rings. The fourth-order valence-corrected chi connectivity index (χ4v) is 6.53. The van der Waals surface area contributed by atoms with Crippen LogP contribution in [0.4, 0.5) is 5.69 Å². The van der Waals surface area contributed by atoms with Crippen LogP contribution in [-0.2, 0) is 26.2 Å². The smallest absolute Gasteiger partial charge is 0.264 e. The normalized spacial score (nSPS) is 12.7. The molecule has 0 aromatic heterocycles. The Kier molecular flexibility index (Phi) is 12.5. The Morgan fingerprint density at radius 2 is 1.65 bits per heavy atom. The highest BCUT2D eigenvalue weighted by molar-refractivity contribution is 7.98. The molecule has 3 aromatic rings. The van der Waals surface area contributed by atoms with Gasteiger partial charge in [0.15, 0.2) is 0 Å². The number of hydrogen-bond acceptors (Lipinski definition) is 6. The van der Waals surface area contributed by atoms with Gasteiger partial charge in [-0.1, -0.05) is 55.8 Å². The summed E-state index contributed by atoms with van der Waals surface area (Å²) in [7, 11) is -4.21. The van der Waals surface area contributed by atoms with E-state index in [-0.39, 0.29) is 29.1 Å². The number of rotatable bonds is 15. The number of sulfonamides is 1. The predicted octanol–water partition coefficient (Wildman–Crippen LogP) is 6.03. The van der Waals surface area contributed by atoms with E-state index in [9.17, 15) is 18.0 Å². The molecule has 2 atom stereocenters. The third-order valence-corrected chi connectivity index (χ3v) is 9.70. The van der Waals surface area contributed by atoms with Gasteiger partial charge in [-0.2, -0.15) is 0 Å². The second-order valence-corrected chi connectivity index (χ2v) is 13.1. The zero-order valence-electron chi connectivity index (χ0n) is 25.9. The van der Waals surface area contributed by atoms with Gasteiger partial charge in [-0.05, 0) is 81.8 Å². The highest BCUT2D eigenvalue weighted by atomic mass is 32.2. The van der Waals surface area contributed by atoms with Crippen LogP contribution in [0.2, 0.25) is 0 Å². The molecule has 0 aliphatic heterocycles. The van der Waals surface area contributed by atoms with Gasteiger partial charge in [-0.15, -0.1) is 11.8 Å². The zero-order chi connectivity index (χ0) is 31.6. The summed E-state index contributed by atoms with van der Waals surface area (Å²) in [6.07, 6.45) is 3.01. The van der Waals surface area contributed by atoms with Gasteiger partial charge in [0, 0.05) is 17.5 Å². The Morgan fingerprint density at radius 1 is 0.953 bits per heavy atom. The van der Waals surface area contributed by atoms with Crippen LogP contribution in [-0.4, -0.2) is 56.6 Å². The highest BCUT2D eigenvalue weighted by Gasteiger charge is 2.35. The minimum Gasteiger partial charge on any atom is -0.492 e. The first-order valence-electron chi connectivity index (χ1n) is 14.6. The summed E-state index contributed by atoms with van der Waals surface area (Å²) < 4.78 is 35.3. The molecule has 1 N–H and O–H groups in total. The van der Waals surface area contributed by atoms with E-state index in [2.05, 4.69) is 5.32 Å². The molecule has 3 rings (SSSR count). The van der Waals surface area contributed by atoms with E-state index in [1.165, 1.54) is 16.7 Å². The molecule has 0 heterocycles. The molecule has 43 heavy (non-hydrogen) atoms. The minimum absolute atomic E-state index is 0.0520. The van der Waals surface area contributed by atoms with E-state index < -0.39 is 28.5 Å². The standard InChI is InChI=1S/C33H43N3O5S2/c1-7-25(5)34-33(38)29(8-2)35(22-26-14-12-13-24(4)21-26)32(37)23-36(30-15-10-11-16-31(30)41-9-3)43(39,40)28-19-17-27(42-6)18-20-28/h10-21,25,29H,7-9,22-23H2,1-6H3,(H,34,38)/t25-,29-/m0/s1. The monoisotopic (exact) mass is 625 g/mol. The number of aryl methyl sites for hydroxylation is 1. The number of carbonyl (C=O) groups is 2. The van der Waals surface area contributed by atoms with Crippen molar-refractivity contribution in [3.63, 3.8) is 0 Å². The summed E-state index contributed by atoms with van der Waals surface area (Å²) in [5.74, 6) is -0.424. The maximum Gasteiger partial charge on any atom is 0.264 e. The lowest BCUT2D eigenvalue weighted by Crippen LogP contribution is -2.53. The molecule has 232 valence electrons. The molecule has 0 fully saturated rings. The molecule has 0 unspecified atom stereocenters. The second-order valence-electron chi connectivity index (χ2n) is 10.3. The predicted molar refractivity (Wildman–Crippen MR) is 174 cm³/mol. The average molecular weight is 626 g/mol. The van der Waals surface area contributed by atoms with E-state index in [0.29, 0.717) is 18.8 Å². The van der Waals surface area contributed by atoms with Crippen molar-refractivity contribution < 1.29 is 22.7 Å². The van der Waals surface area contributed by atoms with Gasteiger partial charge >= 0.3 is 0 Å². The van der Waals surface area contributed by atoms with Crippen LogP contribution in [0.1, 0.15) is 51.7 Å². The summed E-state index contributed by atoms with van der Waals surface area (Å²) in [4.78, 5) is 30.2. The van der Waals surface area contributed by atoms with Gasteiger partial charge in [0.1, 0.15) is 18.3 Å². The fourth-order valence-electron chi connectivity index (χ4n) is 4.70. The average Bonchev–Trinajstić information content (AvgIpc) is 3.00. The van der Waals surface area contributed by atoms with E-state index in [1.807, 2.05) is 65.1 Å². The first-order valence-corrected chi connectivity index (χ1v) is 17.3. The van der Waals surface area contributed by atoms with Gasteiger partial charge < -0.3 is 15.0 Å². The van der Waals surface area contributed by atoms with Gasteiger partial charge in [0.05, 0.1) is 17.2 Å². The summed E-state index contributed by atoms with van der Waals surface area (Å²) in [6.45, 7) is 9.46. The SMILES string of the molecule is CCOc1ccccc1N(CC(=O)N(Cc1cccc(C)c1)[C@@H](CC)C(=O)N[C@@H](C)CC)S(=O)(=O)c1ccc(SC)cc1. The Labute approximate surface area is 260 Å². The number of para-hydroxylation sites is 2. The first-order chi connectivity index (χ1) is 20.5. The van der Waals surface area contributed by atoms with Gasteiger partial charge in [0.25, 0.3) is 10.0 Å². The van der Waals surface area contributed by atoms with Crippen molar-refractivity contribution in [1.82, 2.24) is 10.2 Å². The Hall–Kier alpha value is -3.50. The number of nitrogens with one attached hydrogen (secondary N) is 1. The minimum atomic E-state index is -4.21. The van der Waals surface area contributed by atoms with Gasteiger partial charge in [0.2, 0.25) is 11.8 Å². The van der Waals surface area contributed by atoms with Crippen LogP contribution in [0, 0.1) is 6.92 Å². The maximum atomic E-state index is 14.3. The molecular weight excluding hydrogens is 583 g/mol. The Morgan fingerprint density at radius 3 is 2.26 bits per heavy atom. The van der Waals surface area contributed by atoms with Crippen LogP contribution >= 0.6 is 11.8 Å². The highest BCUT2D eigenvalue weighted by Crippen LogP contribution is 2.33. The molecule has 0 bridgehead atoms. The summed E-state index contributed by atoms with van der Waals surface area (Å²) >= 11 is 1.51. The zero-order valence-corrected chi connectivity index (χ0v) is 27.5. The number of nitrogens with zero attached hydrogens (tertiary/aromatic N) is 2. The third kappa shape index (κ3) is 8.76. The largest absolute Gasteiger partial charge is 0.492 e. The van der Waals surface area contributed by atoms with Crippen molar-refractivity contribution >= 4 is 39.3 Å². The molecule has 8 nitrogen and oxygen atoms in total. The van der Waals surface area contributed by atoms with Crippen molar-refractivity contribution in [1.29, 1.82) is 0 Å². The first kappa shape index (κ1) is 34.0. The number of carbonyl (C=O) groups excluding carboxylic acids is 2. The molecule has 0 aliphatic carbocycles. The van der Waals surface area contributed by atoms with Crippen LogP contribution < -0.4 is 14.4 Å². The summed E-state index contributed by atoms with van der Waals surface area (Å²) in [5.41, 5.74) is 2.12. The van der Waals surface area contributed by atoms with Crippen LogP contribution in [0.5, 0.6) is 5.75 Å². The van der Waals surface area contributed by atoms with E-state index >= 15 is 0 Å². The summed E-state index contributed by atoms with van der Waals surface area (Å²) in [6, 6.07) is 20.2. The van der Waals surface area contributed by atoms with E-state index in [1.54, 1.807) is 48.5 Å². The van der Waals surface area contributed by atoms with Crippen LogP contribution in [0.3, 0.4) is 0 Å². The van der Waals surface area contributed by atoms with Crippen molar-refractivity contribution in [2.24, 2.45) is 0 Å². The topological polar surface area (TPSA) is 96.0 Å². The van der Waals surface area contributed by atoms with Gasteiger partial charge in [-0.3, -0.25) is 13.9 Å². The Balaban J connectivity index is 2.12. The number of hydrogen-bond donors (Lipinski definition) is 1. The lowest BCUT2D eigenvalue weighted by Gasteiger charge is -2.34. The lowest BCUT2D eigenvalue weighted by atomic mass is 10.1. The number of anilines is 1. The Bertz CT molecular complexity index is 1480. The maximum absolute atomic E-state index is 14.3. The molecule has 0 saturated heterocycles. The van der Waals surface area contributed by atoms with Crippen molar-refractivity contribution in [3.8, 4) is 5.75 Å². The van der Waals surface area contributed by atoms with E-state index in [0.717, 1.165) is 26.7 Å². The fraction of sp³-hybridized carbons (Fsp3) is 0.394. The van der Waals surface area contributed by atoms with Crippen LogP contribution in [0.25, 0.3) is 0 Å². The van der Waals surface area contributed by atoms with Crippen molar-refractivity contribution in [2.75, 3.05) is 23.7 Å². The molecule has 10 heteroatoms. The number of thioether (sulfide) groups is 1. The lowest BCUT2D eigenvalue weighted by molar-refractivity contribution is -0.140. The van der Waals surface area contributed by atoms with Crippen LogP contribution in [0.15, 0.2) is 82.6 Å². The molecule has 0 radical (unpaired) electrons. The molecule has 0 saturated carbocycles.